The van der Waals surface area contributed by atoms with Gasteiger partial charge in [0.1, 0.15) is 5.78 Å². The van der Waals surface area contributed by atoms with Crippen molar-refractivity contribution in [3.8, 4) is 0 Å². The number of hydrogen-bond acceptors (Lipinski definition) is 1. The van der Waals surface area contributed by atoms with Crippen LogP contribution in [0.4, 0.5) is 0 Å². The lowest BCUT2D eigenvalue weighted by Gasteiger charge is -2.24. The molecule has 0 amide bonds. The first-order valence-electron chi connectivity index (χ1n) is 4.08. The molecule has 0 saturated heterocycles. The first-order valence-corrected chi connectivity index (χ1v) is 4.08. The van der Waals surface area contributed by atoms with E-state index in [9.17, 15) is 4.79 Å². The molecule has 1 aliphatic rings. The smallest absolute Gasteiger partial charge is 0.133 e. The maximum Gasteiger partial charge on any atom is 0.133 e. The van der Waals surface area contributed by atoms with Crippen molar-refractivity contribution in [2.45, 2.75) is 40.0 Å². The standard InChI is InChI=1S/C9H16O/c1-4-7-5-8(10)6-9(7,2)3/h7H,4-6H2,1-3H3. The van der Waals surface area contributed by atoms with Crippen LogP contribution < -0.4 is 0 Å². The summed E-state index contributed by atoms with van der Waals surface area (Å²) < 4.78 is 0. The lowest BCUT2D eigenvalue weighted by atomic mass is 9.80. The van der Waals surface area contributed by atoms with E-state index in [0.29, 0.717) is 11.7 Å². The maximum atomic E-state index is 11.0. The van der Waals surface area contributed by atoms with Gasteiger partial charge >= 0.3 is 0 Å². The molecule has 10 heavy (non-hydrogen) atoms. The van der Waals surface area contributed by atoms with E-state index in [2.05, 4.69) is 20.8 Å². The average Bonchev–Trinajstić information content (AvgIpc) is 2.04. The highest BCUT2D eigenvalue weighted by atomic mass is 16.1. The van der Waals surface area contributed by atoms with Gasteiger partial charge in [-0.2, -0.15) is 0 Å². The lowest BCUT2D eigenvalue weighted by molar-refractivity contribution is -0.117. The highest BCUT2D eigenvalue weighted by molar-refractivity contribution is 5.81. The molecule has 1 aliphatic carbocycles. The molecular formula is C9H16O. The van der Waals surface area contributed by atoms with Crippen LogP contribution in [-0.2, 0) is 4.79 Å². The van der Waals surface area contributed by atoms with Gasteiger partial charge in [0.15, 0.2) is 0 Å². The number of rotatable bonds is 1. The highest BCUT2D eigenvalue weighted by Crippen LogP contribution is 2.42. The Morgan fingerprint density at radius 3 is 2.40 bits per heavy atom. The minimum Gasteiger partial charge on any atom is -0.300 e. The summed E-state index contributed by atoms with van der Waals surface area (Å²) in [4.78, 5) is 11.0. The third kappa shape index (κ3) is 1.23. The van der Waals surface area contributed by atoms with E-state index in [-0.39, 0.29) is 5.41 Å². The fourth-order valence-electron chi connectivity index (χ4n) is 1.97. The third-order valence-corrected chi connectivity index (χ3v) is 2.72. The van der Waals surface area contributed by atoms with Crippen LogP contribution >= 0.6 is 0 Å². The summed E-state index contributed by atoms with van der Waals surface area (Å²) in [6.45, 7) is 6.57. The second-order valence-electron chi connectivity index (χ2n) is 4.01. The molecule has 1 atom stereocenters. The Hall–Kier alpha value is -0.330. The van der Waals surface area contributed by atoms with Crippen molar-refractivity contribution in [1.82, 2.24) is 0 Å². The molecule has 1 saturated carbocycles. The molecule has 0 spiro atoms. The largest absolute Gasteiger partial charge is 0.300 e. The Bertz CT molecular complexity index is 147. The zero-order valence-corrected chi connectivity index (χ0v) is 7.11. The number of hydrogen-bond donors (Lipinski definition) is 0. The van der Waals surface area contributed by atoms with Crippen LogP contribution in [0, 0.1) is 11.3 Å². The zero-order chi connectivity index (χ0) is 7.78. The normalized spacial score (nSPS) is 31.1. The molecule has 0 heterocycles. The predicted octanol–water partition coefficient (Wildman–Crippen LogP) is 2.40. The molecule has 1 unspecified atom stereocenters. The summed E-state index contributed by atoms with van der Waals surface area (Å²) >= 11 is 0. The molecule has 0 aromatic heterocycles. The number of carbonyl (C=O) groups excluding carboxylic acids is 1. The van der Waals surface area contributed by atoms with Gasteiger partial charge in [0.2, 0.25) is 0 Å². The van der Waals surface area contributed by atoms with E-state index in [1.807, 2.05) is 0 Å². The Morgan fingerprint density at radius 2 is 2.20 bits per heavy atom. The summed E-state index contributed by atoms with van der Waals surface area (Å²) in [5.41, 5.74) is 0.284. The third-order valence-electron chi connectivity index (χ3n) is 2.72. The van der Waals surface area contributed by atoms with E-state index < -0.39 is 0 Å². The van der Waals surface area contributed by atoms with Crippen molar-refractivity contribution in [3.05, 3.63) is 0 Å². The second kappa shape index (κ2) is 2.37. The van der Waals surface area contributed by atoms with Crippen LogP contribution in [-0.4, -0.2) is 5.78 Å². The van der Waals surface area contributed by atoms with Crippen molar-refractivity contribution in [2.24, 2.45) is 11.3 Å². The van der Waals surface area contributed by atoms with Crippen LogP contribution in [0.25, 0.3) is 0 Å². The number of ketones is 1. The molecule has 58 valence electrons. The second-order valence-corrected chi connectivity index (χ2v) is 4.01. The van der Waals surface area contributed by atoms with Gasteiger partial charge in [0.25, 0.3) is 0 Å². The van der Waals surface area contributed by atoms with Gasteiger partial charge in [0, 0.05) is 12.8 Å². The van der Waals surface area contributed by atoms with Crippen LogP contribution in [0.1, 0.15) is 40.0 Å². The van der Waals surface area contributed by atoms with Crippen LogP contribution in [0.15, 0.2) is 0 Å². The van der Waals surface area contributed by atoms with Crippen LogP contribution in [0.3, 0.4) is 0 Å². The minimum atomic E-state index is 0.284. The van der Waals surface area contributed by atoms with Gasteiger partial charge in [-0.05, 0) is 11.3 Å². The van der Waals surface area contributed by atoms with E-state index in [4.69, 9.17) is 0 Å². The molecule has 0 aliphatic heterocycles. The maximum absolute atomic E-state index is 11.0. The van der Waals surface area contributed by atoms with E-state index >= 15 is 0 Å². The van der Waals surface area contributed by atoms with Gasteiger partial charge in [-0.15, -0.1) is 0 Å². The van der Waals surface area contributed by atoms with Gasteiger partial charge in [0.05, 0.1) is 0 Å². The lowest BCUT2D eigenvalue weighted by Crippen LogP contribution is -2.15. The molecule has 1 nitrogen and oxygen atoms in total. The first-order chi connectivity index (χ1) is 4.56. The molecule has 0 aromatic carbocycles. The summed E-state index contributed by atoms with van der Waals surface area (Å²) in [7, 11) is 0. The van der Waals surface area contributed by atoms with Gasteiger partial charge < -0.3 is 0 Å². The van der Waals surface area contributed by atoms with E-state index in [1.54, 1.807) is 0 Å². The zero-order valence-electron chi connectivity index (χ0n) is 7.11. The Kier molecular flexibility index (Phi) is 1.84. The quantitative estimate of drug-likeness (QED) is 0.546. The van der Waals surface area contributed by atoms with Crippen molar-refractivity contribution in [2.75, 3.05) is 0 Å². The highest BCUT2D eigenvalue weighted by Gasteiger charge is 2.37. The van der Waals surface area contributed by atoms with E-state index in [1.165, 1.54) is 0 Å². The van der Waals surface area contributed by atoms with Crippen LogP contribution in [0.5, 0.6) is 0 Å². The van der Waals surface area contributed by atoms with Crippen molar-refractivity contribution in [1.29, 1.82) is 0 Å². The van der Waals surface area contributed by atoms with Gasteiger partial charge in [-0.25, -0.2) is 0 Å². The molecule has 1 rings (SSSR count). The number of carbonyl (C=O) groups is 1. The topological polar surface area (TPSA) is 17.1 Å². The van der Waals surface area contributed by atoms with Gasteiger partial charge in [-0.3, -0.25) is 4.79 Å². The monoisotopic (exact) mass is 140 g/mol. The Morgan fingerprint density at radius 1 is 1.60 bits per heavy atom. The van der Waals surface area contributed by atoms with E-state index in [0.717, 1.165) is 19.3 Å². The molecule has 0 radical (unpaired) electrons. The fourth-order valence-corrected chi connectivity index (χ4v) is 1.97. The molecule has 1 fully saturated rings. The summed E-state index contributed by atoms with van der Waals surface area (Å²) in [5, 5.41) is 0. The molecule has 0 N–H and O–H groups in total. The van der Waals surface area contributed by atoms with Crippen LogP contribution in [0.2, 0.25) is 0 Å². The fraction of sp³-hybridized carbons (Fsp3) is 0.889. The molecular weight excluding hydrogens is 124 g/mol. The van der Waals surface area contributed by atoms with Crippen molar-refractivity contribution < 1.29 is 4.79 Å². The predicted molar refractivity (Wildman–Crippen MR) is 41.8 cm³/mol. The van der Waals surface area contributed by atoms with Crippen molar-refractivity contribution >= 4 is 5.78 Å². The molecule has 1 heteroatoms. The van der Waals surface area contributed by atoms with Gasteiger partial charge in [-0.1, -0.05) is 27.2 Å². The molecule has 0 aromatic rings. The average molecular weight is 140 g/mol. The summed E-state index contributed by atoms with van der Waals surface area (Å²) in [6, 6.07) is 0. The SMILES string of the molecule is CCC1CC(=O)CC1(C)C. The van der Waals surface area contributed by atoms with Crippen molar-refractivity contribution in [3.63, 3.8) is 0 Å². The Balaban J connectivity index is 2.67. The Labute approximate surface area is 62.8 Å². The summed E-state index contributed by atoms with van der Waals surface area (Å²) in [6.07, 6.45) is 2.77. The number of Topliss-reactive ketones (excluding diaryl/α,β-unsaturated/α-hetero) is 1. The first kappa shape index (κ1) is 7.77. The molecule has 0 bridgehead atoms. The summed E-state index contributed by atoms with van der Waals surface area (Å²) in [5.74, 6) is 1.09. The minimum absolute atomic E-state index is 0.284.